The van der Waals surface area contributed by atoms with Crippen LogP contribution in [-0.2, 0) is 26.0 Å². The minimum Gasteiger partial charge on any atom is -0.494 e. The predicted molar refractivity (Wildman–Crippen MR) is 148 cm³/mol. The summed E-state index contributed by atoms with van der Waals surface area (Å²) in [5, 5.41) is 2.88. The zero-order chi connectivity index (χ0) is 27.8. The van der Waals surface area contributed by atoms with E-state index in [1.54, 1.807) is 43.3 Å². The number of para-hydroxylation sites is 2. The Bertz CT molecular complexity index is 1380. The lowest BCUT2D eigenvalue weighted by Crippen LogP contribution is -2.53. The van der Waals surface area contributed by atoms with E-state index in [0.29, 0.717) is 36.8 Å². The number of nitrogens with one attached hydrogen (secondary N) is 1. The molecule has 4 rings (SSSR count). The van der Waals surface area contributed by atoms with Crippen LogP contribution in [0.3, 0.4) is 0 Å². The minimum atomic E-state index is -3.94. The Kier molecular flexibility index (Phi) is 9.21. The van der Waals surface area contributed by atoms with Gasteiger partial charge in [0.25, 0.3) is 5.91 Å². The van der Waals surface area contributed by atoms with Crippen LogP contribution in [0.15, 0.2) is 83.8 Å². The maximum absolute atomic E-state index is 13.5. The molecule has 1 N–H and O–H groups in total. The Morgan fingerprint density at radius 3 is 2.38 bits per heavy atom. The fourth-order valence-corrected chi connectivity index (χ4v) is 5.72. The molecule has 3 aromatic rings. The van der Waals surface area contributed by atoms with Crippen molar-refractivity contribution in [1.29, 1.82) is 0 Å². The molecule has 1 aliphatic rings. The number of carbonyl (C=O) groups is 2. The van der Waals surface area contributed by atoms with E-state index in [1.807, 2.05) is 37.3 Å². The smallest absolute Gasteiger partial charge is 0.262 e. The summed E-state index contributed by atoms with van der Waals surface area (Å²) in [6.07, 6.45) is -0.273. The maximum Gasteiger partial charge on any atom is 0.262 e. The normalized spacial score (nSPS) is 14.8. The van der Waals surface area contributed by atoms with Gasteiger partial charge >= 0.3 is 0 Å². The van der Waals surface area contributed by atoms with Crippen molar-refractivity contribution in [3.05, 3.63) is 84.4 Å². The molecule has 1 unspecified atom stereocenters. The van der Waals surface area contributed by atoms with Crippen molar-refractivity contribution in [2.45, 2.75) is 31.3 Å². The molecular weight excluding hydrogens is 518 g/mol. The molecule has 0 fully saturated rings. The molecule has 2 amide bonds. The van der Waals surface area contributed by atoms with Crippen molar-refractivity contribution in [2.75, 3.05) is 37.7 Å². The van der Waals surface area contributed by atoms with Gasteiger partial charge in [-0.2, -0.15) is 4.31 Å². The van der Waals surface area contributed by atoms with E-state index < -0.39 is 22.0 Å². The van der Waals surface area contributed by atoms with E-state index in [1.165, 1.54) is 17.0 Å². The number of amides is 2. The summed E-state index contributed by atoms with van der Waals surface area (Å²) in [5.41, 5.74) is 1.59. The van der Waals surface area contributed by atoms with Gasteiger partial charge in [-0.15, -0.1) is 0 Å². The second kappa shape index (κ2) is 12.8. The van der Waals surface area contributed by atoms with Crippen LogP contribution in [0.5, 0.6) is 11.5 Å². The van der Waals surface area contributed by atoms with Gasteiger partial charge in [0.1, 0.15) is 11.5 Å². The van der Waals surface area contributed by atoms with Crippen molar-refractivity contribution >= 4 is 27.5 Å². The summed E-state index contributed by atoms with van der Waals surface area (Å²) in [6.45, 7) is 4.08. The third-order valence-corrected chi connectivity index (χ3v) is 8.29. The Balaban J connectivity index is 1.47. The number of hydrogen-bond donors (Lipinski definition) is 1. The van der Waals surface area contributed by atoms with Crippen LogP contribution >= 0.6 is 0 Å². The first-order valence-electron chi connectivity index (χ1n) is 12.9. The van der Waals surface area contributed by atoms with Crippen LogP contribution in [0.4, 0.5) is 5.69 Å². The summed E-state index contributed by atoms with van der Waals surface area (Å²) in [4.78, 5) is 28.0. The average Bonchev–Trinajstić information content (AvgIpc) is 2.96. The fraction of sp³-hybridized carbons (Fsp3) is 0.310. The van der Waals surface area contributed by atoms with Gasteiger partial charge in [-0.05, 0) is 55.3 Å². The average molecular weight is 552 g/mol. The number of carbonyl (C=O) groups excluding carboxylic acids is 2. The van der Waals surface area contributed by atoms with E-state index in [9.17, 15) is 18.0 Å². The number of nitrogens with zero attached hydrogens (tertiary/aromatic N) is 2. The third-order valence-electron chi connectivity index (χ3n) is 6.36. The number of likely N-dealkylation sites (N-methyl/N-ethyl adjacent to an activating group) is 1. The van der Waals surface area contributed by atoms with Crippen LogP contribution in [0.2, 0.25) is 0 Å². The van der Waals surface area contributed by atoms with Gasteiger partial charge in [-0.1, -0.05) is 49.4 Å². The van der Waals surface area contributed by atoms with Crippen molar-refractivity contribution in [2.24, 2.45) is 0 Å². The highest BCUT2D eigenvalue weighted by molar-refractivity contribution is 7.89. The van der Waals surface area contributed by atoms with Crippen LogP contribution in [-0.4, -0.2) is 63.4 Å². The molecule has 0 spiro atoms. The monoisotopic (exact) mass is 551 g/mol. The number of anilines is 1. The van der Waals surface area contributed by atoms with Crippen molar-refractivity contribution < 1.29 is 27.5 Å². The highest BCUT2D eigenvalue weighted by atomic mass is 32.2. The molecule has 1 heterocycles. The largest absolute Gasteiger partial charge is 0.494 e. The minimum absolute atomic E-state index is 0.0341. The first-order valence-corrected chi connectivity index (χ1v) is 14.4. The summed E-state index contributed by atoms with van der Waals surface area (Å²) in [7, 11) is -3.94. The van der Waals surface area contributed by atoms with Gasteiger partial charge in [0.05, 0.1) is 30.3 Å². The fourth-order valence-electron chi connectivity index (χ4n) is 4.32. The molecule has 39 heavy (non-hydrogen) atoms. The van der Waals surface area contributed by atoms with Crippen LogP contribution < -0.4 is 19.7 Å². The molecule has 1 aliphatic heterocycles. The number of hydrogen-bond acceptors (Lipinski definition) is 6. The number of benzene rings is 3. The lowest BCUT2D eigenvalue weighted by atomic mass is 10.1. The highest BCUT2D eigenvalue weighted by Crippen LogP contribution is 2.33. The number of sulfonamides is 1. The molecule has 10 heteroatoms. The van der Waals surface area contributed by atoms with Crippen LogP contribution in [0.1, 0.15) is 19.4 Å². The van der Waals surface area contributed by atoms with E-state index in [2.05, 4.69) is 5.32 Å². The van der Waals surface area contributed by atoms with E-state index in [0.717, 1.165) is 9.87 Å². The summed E-state index contributed by atoms with van der Waals surface area (Å²) < 4.78 is 39.1. The lowest BCUT2D eigenvalue weighted by molar-refractivity contribution is -0.128. The zero-order valence-electron chi connectivity index (χ0n) is 22.1. The van der Waals surface area contributed by atoms with Gasteiger partial charge in [-0.3, -0.25) is 9.59 Å². The summed E-state index contributed by atoms with van der Waals surface area (Å²) in [6, 6.07) is 22.8. The SMILES string of the molecule is CCOc1ccc(S(=O)(=O)N(CC)CC(=O)N2CC(C(=O)NCCc3ccccc3)Oc3ccccc32)cc1. The molecule has 0 saturated heterocycles. The number of fused-ring (bicyclic) bond motifs is 1. The predicted octanol–water partition coefficient (Wildman–Crippen LogP) is 3.25. The molecule has 0 saturated carbocycles. The Morgan fingerprint density at radius 2 is 1.69 bits per heavy atom. The molecule has 1 atom stereocenters. The Morgan fingerprint density at radius 1 is 1.00 bits per heavy atom. The standard InChI is InChI=1S/C29H33N3O6S/c1-3-31(39(35,36)24-16-14-23(15-17-24)37-4-2)21-28(33)32-20-27(38-26-13-9-8-12-25(26)32)29(34)30-19-18-22-10-6-5-7-11-22/h5-17,27H,3-4,18-21H2,1-2H3,(H,30,34). The van der Waals surface area contributed by atoms with Crippen molar-refractivity contribution in [1.82, 2.24) is 9.62 Å². The Labute approximate surface area is 229 Å². The lowest BCUT2D eigenvalue weighted by Gasteiger charge is -2.35. The van der Waals surface area contributed by atoms with Crippen molar-refractivity contribution in [3.8, 4) is 11.5 Å². The second-order valence-electron chi connectivity index (χ2n) is 8.94. The molecular formula is C29H33N3O6S. The molecule has 0 aliphatic carbocycles. The molecule has 206 valence electrons. The quantitative estimate of drug-likeness (QED) is 0.392. The molecule has 9 nitrogen and oxygen atoms in total. The topological polar surface area (TPSA) is 105 Å². The summed E-state index contributed by atoms with van der Waals surface area (Å²) in [5.74, 6) is 0.156. The highest BCUT2D eigenvalue weighted by Gasteiger charge is 2.35. The van der Waals surface area contributed by atoms with Crippen LogP contribution in [0.25, 0.3) is 0 Å². The molecule has 0 aromatic heterocycles. The van der Waals surface area contributed by atoms with Gasteiger partial charge in [0.2, 0.25) is 15.9 Å². The van der Waals surface area contributed by atoms with E-state index in [-0.39, 0.29) is 30.4 Å². The second-order valence-corrected chi connectivity index (χ2v) is 10.9. The van der Waals surface area contributed by atoms with Crippen LogP contribution in [0, 0.1) is 0 Å². The third kappa shape index (κ3) is 6.76. The molecule has 0 bridgehead atoms. The summed E-state index contributed by atoms with van der Waals surface area (Å²) >= 11 is 0. The zero-order valence-corrected chi connectivity index (χ0v) is 22.9. The first kappa shape index (κ1) is 28.1. The maximum atomic E-state index is 13.5. The van der Waals surface area contributed by atoms with Gasteiger partial charge in [-0.25, -0.2) is 8.42 Å². The van der Waals surface area contributed by atoms with Gasteiger partial charge < -0.3 is 19.7 Å². The van der Waals surface area contributed by atoms with Gasteiger partial charge in [0, 0.05) is 13.1 Å². The number of ether oxygens (including phenoxy) is 2. The Hall–Kier alpha value is -3.89. The van der Waals surface area contributed by atoms with E-state index >= 15 is 0 Å². The molecule has 0 radical (unpaired) electrons. The number of rotatable bonds is 11. The van der Waals surface area contributed by atoms with Gasteiger partial charge in [0.15, 0.2) is 6.10 Å². The van der Waals surface area contributed by atoms with E-state index in [4.69, 9.17) is 9.47 Å². The molecule has 3 aromatic carbocycles. The first-order chi connectivity index (χ1) is 18.8. The van der Waals surface area contributed by atoms with Crippen molar-refractivity contribution in [3.63, 3.8) is 0 Å².